The van der Waals surface area contributed by atoms with Gasteiger partial charge in [-0.2, -0.15) is 0 Å². The molecule has 1 atom stereocenters. The summed E-state index contributed by atoms with van der Waals surface area (Å²) in [7, 11) is 1.55. The molecule has 0 aliphatic rings. The monoisotopic (exact) mass is 297 g/mol. The average Bonchev–Trinajstić information content (AvgIpc) is 2.45. The van der Waals surface area contributed by atoms with Gasteiger partial charge in [0.2, 0.25) is 0 Å². The van der Waals surface area contributed by atoms with Crippen LogP contribution in [0.3, 0.4) is 0 Å². The number of nitrogens with two attached hydrogens (primary N) is 1. The number of alkyl halides is 3. The van der Waals surface area contributed by atoms with E-state index >= 15 is 0 Å². The van der Waals surface area contributed by atoms with Gasteiger partial charge in [-0.3, -0.25) is 0 Å². The van der Waals surface area contributed by atoms with Gasteiger partial charge in [0, 0.05) is 0 Å². The van der Waals surface area contributed by atoms with E-state index in [1.165, 1.54) is 18.2 Å². The van der Waals surface area contributed by atoms with Crippen molar-refractivity contribution < 1.29 is 22.6 Å². The molecule has 0 aliphatic carbocycles. The Morgan fingerprint density at radius 3 is 2.19 bits per heavy atom. The Kier molecular flexibility index (Phi) is 4.37. The van der Waals surface area contributed by atoms with Gasteiger partial charge < -0.3 is 15.2 Å². The minimum absolute atomic E-state index is 0.288. The van der Waals surface area contributed by atoms with Gasteiger partial charge in [-0.25, -0.2) is 0 Å². The molecule has 1 unspecified atom stereocenters. The quantitative estimate of drug-likeness (QED) is 0.937. The number of halogens is 3. The molecule has 3 nitrogen and oxygen atoms in total. The van der Waals surface area contributed by atoms with E-state index in [0.717, 1.165) is 5.56 Å². The summed E-state index contributed by atoms with van der Waals surface area (Å²) < 4.78 is 45.6. The lowest BCUT2D eigenvalue weighted by atomic mass is 9.99. The Hall–Kier alpha value is -2.21. The van der Waals surface area contributed by atoms with Crippen molar-refractivity contribution in [2.24, 2.45) is 5.73 Å². The van der Waals surface area contributed by atoms with E-state index < -0.39 is 12.4 Å². The van der Waals surface area contributed by atoms with Crippen molar-refractivity contribution in [1.82, 2.24) is 0 Å². The lowest BCUT2D eigenvalue weighted by molar-refractivity contribution is -0.274. The van der Waals surface area contributed by atoms with Crippen LogP contribution in [-0.2, 0) is 0 Å². The van der Waals surface area contributed by atoms with Crippen LogP contribution >= 0.6 is 0 Å². The Balaban J connectivity index is 2.22. The van der Waals surface area contributed by atoms with Gasteiger partial charge in [0.25, 0.3) is 0 Å². The molecule has 2 aromatic rings. The number of rotatable bonds is 4. The van der Waals surface area contributed by atoms with E-state index in [1.54, 1.807) is 37.4 Å². The van der Waals surface area contributed by atoms with Crippen LogP contribution in [0.1, 0.15) is 17.2 Å². The van der Waals surface area contributed by atoms with Crippen LogP contribution in [0.5, 0.6) is 11.5 Å². The molecule has 0 aromatic heterocycles. The summed E-state index contributed by atoms with van der Waals surface area (Å²) in [6, 6.07) is 12.1. The lowest BCUT2D eigenvalue weighted by Crippen LogP contribution is -2.18. The zero-order valence-corrected chi connectivity index (χ0v) is 11.2. The van der Waals surface area contributed by atoms with Crippen molar-refractivity contribution >= 4 is 0 Å². The molecule has 2 aromatic carbocycles. The lowest BCUT2D eigenvalue weighted by Gasteiger charge is -2.15. The number of hydrogen-bond donors (Lipinski definition) is 1. The first kappa shape index (κ1) is 15.2. The van der Waals surface area contributed by atoms with E-state index in [9.17, 15) is 13.2 Å². The molecule has 0 aliphatic heterocycles. The molecule has 0 saturated heterocycles. The minimum atomic E-state index is -4.72. The van der Waals surface area contributed by atoms with Crippen LogP contribution in [0.4, 0.5) is 13.2 Å². The molecule has 0 radical (unpaired) electrons. The van der Waals surface area contributed by atoms with Gasteiger partial charge in [-0.1, -0.05) is 24.3 Å². The Morgan fingerprint density at radius 1 is 0.952 bits per heavy atom. The molecule has 2 N–H and O–H groups in total. The summed E-state index contributed by atoms with van der Waals surface area (Å²) in [5, 5.41) is 0. The van der Waals surface area contributed by atoms with E-state index in [-0.39, 0.29) is 5.75 Å². The molecule has 6 heteroatoms. The predicted octanol–water partition coefficient (Wildman–Crippen LogP) is 3.64. The fourth-order valence-electron chi connectivity index (χ4n) is 1.91. The van der Waals surface area contributed by atoms with Crippen LogP contribution in [-0.4, -0.2) is 13.5 Å². The summed E-state index contributed by atoms with van der Waals surface area (Å²) in [5.41, 5.74) is 7.36. The predicted molar refractivity (Wildman–Crippen MR) is 72.1 cm³/mol. The molecular formula is C15H14F3NO2. The normalized spacial score (nSPS) is 12.8. The molecule has 2 rings (SSSR count). The summed E-state index contributed by atoms with van der Waals surface area (Å²) >= 11 is 0. The van der Waals surface area contributed by atoms with E-state index in [2.05, 4.69) is 4.74 Å². The first-order valence-corrected chi connectivity index (χ1v) is 6.14. The minimum Gasteiger partial charge on any atom is -0.497 e. The second kappa shape index (κ2) is 6.05. The smallest absolute Gasteiger partial charge is 0.497 e. The molecule has 0 spiro atoms. The van der Waals surface area contributed by atoms with Crippen LogP contribution < -0.4 is 15.2 Å². The fourth-order valence-corrected chi connectivity index (χ4v) is 1.91. The highest BCUT2D eigenvalue weighted by molar-refractivity contribution is 5.38. The maximum atomic E-state index is 12.2. The second-order valence-electron chi connectivity index (χ2n) is 4.37. The topological polar surface area (TPSA) is 44.5 Å². The zero-order valence-electron chi connectivity index (χ0n) is 11.2. The fraction of sp³-hybridized carbons (Fsp3) is 0.200. The molecule has 112 valence electrons. The highest BCUT2D eigenvalue weighted by atomic mass is 19.4. The molecule has 0 bridgehead atoms. The molecule has 0 heterocycles. The van der Waals surface area contributed by atoms with Crippen molar-refractivity contribution in [2.45, 2.75) is 12.4 Å². The summed E-state index contributed by atoms with van der Waals surface area (Å²) in [6.07, 6.45) is -4.72. The van der Waals surface area contributed by atoms with E-state index in [4.69, 9.17) is 10.5 Å². The molecule has 0 fully saturated rings. The summed E-state index contributed by atoms with van der Waals surface area (Å²) in [5.74, 6) is 0.393. The maximum Gasteiger partial charge on any atom is 0.573 e. The van der Waals surface area contributed by atoms with Gasteiger partial charge in [0.05, 0.1) is 13.2 Å². The Bertz CT molecular complexity index is 597. The van der Waals surface area contributed by atoms with Gasteiger partial charge in [-0.15, -0.1) is 13.2 Å². The van der Waals surface area contributed by atoms with E-state index in [1.807, 2.05) is 0 Å². The van der Waals surface area contributed by atoms with Crippen LogP contribution in [0.15, 0.2) is 48.5 Å². The maximum absolute atomic E-state index is 12.2. The van der Waals surface area contributed by atoms with Gasteiger partial charge in [-0.05, 0) is 35.4 Å². The largest absolute Gasteiger partial charge is 0.573 e. The number of benzene rings is 2. The van der Waals surface area contributed by atoms with Crippen molar-refractivity contribution in [3.8, 4) is 11.5 Å². The number of ether oxygens (including phenoxy) is 2. The first-order chi connectivity index (χ1) is 9.89. The third-order valence-corrected chi connectivity index (χ3v) is 2.93. The molecular weight excluding hydrogens is 283 g/mol. The van der Waals surface area contributed by atoms with Gasteiger partial charge in [0.15, 0.2) is 0 Å². The zero-order chi connectivity index (χ0) is 15.5. The highest BCUT2D eigenvalue weighted by Crippen LogP contribution is 2.27. The van der Waals surface area contributed by atoms with Crippen molar-refractivity contribution in [1.29, 1.82) is 0 Å². The van der Waals surface area contributed by atoms with Crippen LogP contribution in [0, 0.1) is 0 Å². The third kappa shape index (κ3) is 4.13. The number of methoxy groups -OCH3 is 1. The summed E-state index contributed by atoms with van der Waals surface area (Å²) in [6.45, 7) is 0. The SMILES string of the molecule is COc1ccc(C(N)c2cccc(OC(F)(F)F)c2)cc1. The Labute approximate surface area is 120 Å². The molecule has 0 saturated carbocycles. The van der Waals surface area contributed by atoms with Crippen molar-refractivity contribution in [2.75, 3.05) is 7.11 Å². The van der Waals surface area contributed by atoms with Gasteiger partial charge >= 0.3 is 6.36 Å². The van der Waals surface area contributed by atoms with Crippen molar-refractivity contribution in [3.05, 3.63) is 59.7 Å². The number of hydrogen-bond acceptors (Lipinski definition) is 3. The molecule has 21 heavy (non-hydrogen) atoms. The first-order valence-electron chi connectivity index (χ1n) is 6.14. The summed E-state index contributed by atoms with van der Waals surface area (Å²) in [4.78, 5) is 0. The highest BCUT2D eigenvalue weighted by Gasteiger charge is 2.31. The Morgan fingerprint density at radius 2 is 1.62 bits per heavy atom. The van der Waals surface area contributed by atoms with Gasteiger partial charge in [0.1, 0.15) is 11.5 Å². The van der Waals surface area contributed by atoms with E-state index in [0.29, 0.717) is 11.3 Å². The second-order valence-corrected chi connectivity index (χ2v) is 4.37. The van der Waals surface area contributed by atoms with Crippen molar-refractivity contribution in [3.63, 3.8) is 0 Å². The third-order valence-electron chi connectivity index (χ3n) is 2.93. The van der Waals surface area contributed by atoms with Crippen LogP contribution in [0.2, 0.25) is 0 Å². The standard InChI is InChI=1S/C15H14F3NO2/c1-20-12-7-5-10(6-8-12)14(19)11-3-2-4-13(9-11)21-15(16,17)18/h2-9,14H,19H2,1H3. The van der Waals surface area contributed by atoms with Crippen LogP contribution in [0.25, 0.3) is 0 Å². The molecule has 0 amide bonds. The average molecular weight is 297 g/mol.